The number of nitrogens with one attached hydrogen (secondary N) is 2. The monoisotopic (exact) mass is 287 g/mol. The third-order valence-electron chi connectivity index (χ3n) is 3.53. The first kappa shape index (κ1) is 13.1. The van der Waals surface area contributed by atoms with Crippen LogP contribution in [0.1, 0.15) is 34.3 Å². The molecule has 3 rings (SSSR count). The second-order valence-corrected chi connectivity index (χ2v) is 6.04. The fourth-order valence-corrected chi connectivity index (χ4v) is 3.19. The zero-order chi connectivity index (χ0) is 13.9. The molecule has 5 heteroatoms. The average molecular weight is 287 g/mol. The number of thiazole rings is 1. The number of nitrogens with zero attached hydrogens (tertiary/aromatic N) is 1. The van der Waals surface area contributed by atoms with Crippen LogP contribution in [0.25, 0.3) is 0 Å². The van der Waals surface area contributed by atoms with Crippen molar-refractivity contribution >= 4 is 17.4 Å². The molecule has 1 aliphatic carbocycles. The van der Waals surface area contributed by atoms with Crippen LogP contribution in [0.4, 0.5) is 4.79 Å². The highest BCUT2D eigenvalue weighted by atomic mass is 32.1. The van der Waals surface area contributed by atoms with E-state index in [0.717, 1.165) is 23.5 Å². The van der Waals surface area contributed by atoms with Crippen LogP contribution in [0.5, 0.6) is 0 Å². The number of amides is 2. The van der Waals surface area contributed by atoms with Gasteiger partial charge in [0.15, 0.2) is 0 Å². The molecule has 1 atom stereocenters. The normalized spacial score (nSPS) is 16.8. The Kier molecular flexibility index (Phi) is 3.69. The maximum atomic E-state index is 11.9. The SMILES string of the molecule is Cc1nc(CNC(=O)NC2CCc3ccccc32)cs1. The van der Waals surface area contributed by atoms with Crippen LogP contribution in [-0.2, 0) is 13.0 Å². The Morgan fingerprint density at radius 3 is 3.10 bits per heavy atom. The lowest BCUT2D eigenvalue weighted by molar-refractivity contribution is 0.236. The first-order valence-corrected chi connectivity index (χ1v) is 7.63. The van der Waals surface area contributed by atoms with Gasteiger partial charge in [-0.1, -0.05) is 24.3 Å². The van der Waals surface area contributed by atoms with Crippen molar-refractivity contribution in [2.75, 3.05) is 0 Å². The molecule has 1 unspecified atom stereocenters. The lowest BCUT2D eigenvalue weighted by Crippen LogP contribution is -2.37. The molecular formula is C15H17N3OS. The molecule has 1 heterocycles. The Bertz CT molecular complexity index is 623. The average Bonchev–Trinajstić information content (AvgIpc) is 3.04. The Morgan fingerprint density at radius 2 is 2.30 bits per heavy atom. The van der Waals surface area contributed by atoms with Gasteiger partial charge in [-0.05, 0) is 30.9 Å². The number of fused-ring (bicyclic) bond motifs is 1. The van der Waals surface area contributed by atoms with E-state index in [1.54, 1.807) is 11.3 Å². The smallest absolute Gasteiger partial charge is 0.315 e. The first-order chi connectivity index (χ1) is 9.72. The van der Waals surface area contributed by atoms with Crippen LogP contribution in [0.15, 0.2) is 29.6 Å². The number of benzene rings is 1. The number of aromatic nitrogens is 1. The molecule has 0 saturated heterocycles. The van der Waals surface area contributed by atoms with Gasteiger partial charge in [-0.15, -0.1) is 11.3 Å². The summed E-state index contributed by atoms with van der Waals surface area (Å²) in [4.78, 5) is 16.3. The van der Waals surface area contributed by atoms with Crippen molar-refractivity contribution < 1.29 is 4.79 Å². The second-order valence-electron chi connectivity index (χ2n) is 4.97. The minimum absolute atomic E-state index is 0.127. The Hall–Kier alpha value is -1.88. The molecule has 0 fully saturated rings. The largest absolute Gasteiger partial charge is 0.332 e. The third-order valence-corrected chi connectivity index (χ3v) is 4.36. The van der Waals surface area contributed by atoms with Gasteiger partial charge in [0.1, 0.15) is 0 Å². The zero-order valence-corrected chi connectivity index (χ0v) is 12.2. The van der Waals surface area contributed by atoms with Crippen molar-refractivity contribution in [3.63, 3.8) is 0 Å². The molecule has 104 valence electrons. The van der Waals surface area contributed by atoms with Gasteiger partial charge in [0.2, 0.25) is 0 Å². The summed E-state index contributed by atoms with van der Waals surface area (Å²) in [5, 5.41) is 8.89. The molecule has 2 N–H and O–H groups in total. The number of urea groups is 1. The van der Waals surface area contributed by atoms with Crippen LogP contribution in [0, 0.1) is 6.92 Å². The highest BCUT2D eigenvalue weighted by Crippen LogP contribution is 2.30. The fraction of sp³-hybridized carbons (Fsp3) is 0.333. The van der Waals surface area contributed by atoms with Gasteiger partial charge in [0.25, 0.3) is 0 Å². The van der Waals surface area contributed by atoms with E-state index >= 15 is 0 Å². The summed E-state index contributed by atoms with van der Waals surface area (Å²) in [6, 6.07) is 8.30. The highest BCUT2D eigenvalue weighted by Gasteiger charge is 2.23. The predicted octanol–water partition coefficient (Wildman–Crippen LogP) is 2.94. The molecule has 2 aromatic rings. The van der Waals surface area contributed by atoms with Crippen molar-refractivity contribution in [3.8, 4) is 0 Å². The molecule has 0 spiro atoms. The standard InChI is InChI=1S/C15H17N3OS/c1-10-17-12(9-20-10)8-16-15(19)18-14-7-6-11-4-2-3-5-13(11)14/h2-5,9,14H,6-8H2,1H3,(H2,16,18,19). The number of aryl methyl sites for hydroxylation is 2. The highest BCUT2D eigenvalue weighted by molar-refractivity contribution is 7.09. The van der Waals surface area contributed by atoms with Crippen molar-refractivity contribution in [3.05, 3.63) is 51.5 Å². The molecule has 1 aromatic carbocycles. The molecule has 4 nitrogen and oxygen atoms in total. The summed E-state index contributed by atoms with van der Waals surface area (Å²) in [5.74, 6) is 0. The van der Waals surface area contributed by atoms with Gasteiger partial charge in [0, 0.05) is 5.38 Å². The molecule has 20 heavy (non-hydrogen) atoms. The maximum absolute atomic E-state index is 11.9. The van der Waals surface area contributed by atoms with Crippen LogP contribution in [0.2, 0.25) is 0 Å². The van der Waals surface area contributed by atoms with Gasteiger partial charge in [-0.3, -0.25) is 0 Å². The lowest BCUT2D eigenvalue weighted by Gasteiger charge is -2.14. The summed E-state index contributed by atoms with van der Waals surface area (Å²) in [6.07, 6.45) is 2.01. The van der Waals surface area contributed by atoms with E-state index < -0.39 is 0 Å². The van der Waals surface area contributed by atoms with Crippen LogP contribution >= 0.6 is 11.3 Å². The summed E-state index contributed by atoms with van der Waals surface area (Å²) < 4.78 is 0. The van der Waals surface area contributed by atoms with E-state index in [-0.39, 0.29) is 12.1 Å². The van der Waals surface area contributed by atoms with E-state index in [1.165, 1.54) is 11.1 Å². The summed E-state index contributed by atoms with van der Waals surface area (Å²) >= 11 is 1.60. The second kappa shape index (κ2) is 5.63. The van der Waals surface area contributed by atoms with Crippen molar-refractivity contribution in [1.29, 1.82) is 0 Å². The van der Waals surface area contributed by atoms with E-state index in [2.05, 4.69) is 27.8 Å². The number of rotatable bonds is 3. The molecule has 0 bridgehead atoms. The van der Waals surface area contributed by atoms with Gasteiger partial charge in [0.05, 0.1) is 23.3 Å². The molecule has 2 amide bonds. The van der Waals surface area contributed by atoms with Gasteiger partial charge < -0.3 is 10.6 Å². The van der Waals surface area contributed by atoms with Gasteiger partial charge in [-0.25, -0.2) is 9.78 Å². The summed E-state index contributed by atoms with van der Waals surface area (Å²) in [7, 11) is 0. The lowest BCUT2D eigenvalue weighted by atomic mass is 10.1. The number of hydrogen-bond donors (Lipinski definition) is 2. The van der Waals surface area contributed by atoms with Crippen molar-refractivity contribution in [2.45, 2.75) is 32.4 Å². The fourth-order valence-electron chi connectivity index (χ4n) is 2.58. The number of carbonyl (C=O) groups is 1. The minimum Gasteiger partial charge on any atom is -0.332 e. The zero-order valence-electron chi connectivity index (χ0n) is 11.3. The Morgan fingerprint density at radius 1 is 1.45 bits per heavy atom. The molecule has 0 saturated carbocycles. The maximum Gasteiger partial charge on any atom is 0.315 e. The third kappa shape index (κ3) is 2.82. The van der Waals surface area contributed by atoms with E-state index in [4.69, 9.17) is 0 Å². The van der Waals surface area contributed by atoms with Gasteiger partial charge >= 0.3 is 6.03 Å². The van der Waals surface area contributed by atoms with Crippen molar-refractivity contribution in [2.24, 2.45) is 0 Å². The number of hydrogen-bond acceptors (Lipinski definition) is 3. The first-order valence-electron chi connectivity index (χ1n) is 6.75. The minimum atomic E-state index is -0.127. The van der Waals surface area contributed by atoms with Gasteiger partial charge in [-0.2, -0.15) is 0 Å². The van der Waals surface area contributed by atoms with Crippen LogP contribution in [0.3, 0.4) is 0 Å². The van der Waals surface area contributed by atoms with E-state index in [1.807, 2.05) is 24.4 Å². The molecule has 1 aromatic heterocycles. The molecule has 0 radical (unpaired) electrons. The topological polar surface area (TPSA) is 54.0 Å². The van der Waals surface area contributed by atoms with E-state index in [0.29, 0.717) is 6.54 Å². The molecular weight excluding hydrogens is 270 g/mol. The summed E-state index contributed by atoms with van der Waals surface area (Å²) in [6.45, 7) is 2.44. The Balaban J connectivity index is 1.55. The van der Waals surface area contributed by atoms with Crippen LogP contribution in [-0.4, -0.2) is 11.0 Å². The van der Waals surface area contributed by atoms with E-state index in [9.17, 15) is 4.79 Å². The Labute approximate surface area is 122 Å². The summed E-state index contributed by atoms with van der Waals surface area (Å²) in [5.41, 5.74) is 3.49. The van der Waals surface area contributed by atoms with Crippen molar-refractivity contribution in [1.82, 2.24) is 15.6 Å². The van der Waals surface area contributed by atoms with Crippen LogP contribution < -0.4 is 10.6 Å². The number of carbonyl (C=O) groups excluding carboxylic acids is 1. The molecule has 0 aliphatic heterocycles. The predicted molar refractivity (Wildman–Crippen MR) is 79.7 cm³/mol. The quantitative estimate of drug-likeness (QED) is 0.912. The molecule has 1 aliphatic rings.